The lowest BCUT2D eigenvalue weighted by Gasteiger charge is -2.10. The highest BCUT2D eigenvalue weighted by Crippen LogP contribution is 2.24. The molecule has 1 unspecified atom stereocenters. The lowest BCUT2D eigenvalue weighted by Crippen LogP contribution is -2.21. The fourth-order valence-electron chi connectivity index (χ4n) is 1.58. The van der Waals surface area contributed by atoms with E-state index in [1.165, 1.54) is 0 Å². The Morgan fingerprint density at radius 2 is 1.50 bits per heavy atom. The van der Waals surface area contributed by atoms with E-state index >= 15 is 0 Å². The Bertz CT molecular complexity index is 702. The van der Waals surface area contributed by atoms with Gasteiger partial charge in [-0.25, -0.2) is 16.8 Å². The molecule has 0 aliphatic rings. The summed E-state index contributed by atoms with van der Waals surface area (Å²) in [6.07, 6.45) is 1.59. The first-order chi connectivity index (χ1) is 9.24. The summed E-state index contributed by atoms with van der Waals surface area (Å²) in [5.74, 6) is 0.330. The number of hydrogen-bond donors (Lipinski definition) is 0. The number of rotatable bonds is 4. The third-order valence-electron chi connectivity index (χ3n) is 2.41. The van der Waals surface area contributed by atoms with E-state index < -0.39 is 33.7 Å². The molecule has 0 N–H and O–H groups in total. The van der Waals surface area contributed by atoms with E-state index in [-0.39, 0.29) is 0 Å². The molecule has 0 aromatic heterocycles. The van der Waals surface area contributed by atoms with Crippen LogP contribution in [-0.2, 0) is 25.4 Å². The highest BCUT2D eigenvalue weighted by atomic mass is 32.3. The maximum Gasteiger partial charge on any atom is 0.215 e. The molecule has 0 heterocycles. The number of benzene rings is 1. The van der Waals surface area contributed by atoms with E-state index in [1.807, 2.05) is 30.3 Å². The molecule has 110 valence electrons. The van der Waals surface area contributed by atoms with E-state index in [2.05, 4.69) is 13.2 Å². The smallest absolute Gasteiger partial charge is 0.215 e. The summed E-state index contributed by atoms with van der Waals surface area (Å²) in [6.45, 7) is 6.37. The molecule has 0 bridgehead atoms. The molecule has 0 aliphatic carbocycles. The molecule has 1 rings (SSSR count). The summed E-state index contributed by atoms with van der Waals surface area (Å²) in [5, 5.41) is 1.33. The van der Waals surface area contributed by atoms with E-state index in [0.717, 1.165) is 5.56 Å². The molecule has 0 fully saturated rings. The summed E-state index contributed by atoms with van der Waals surface area (Å²) in [4.78, 5) is 0. The van der Waals surface area contributed by atoms with Gasteiger partial charge in [-0.15, -0.1) is 0 Å². The third kappa shape index (κ3) is 3.91. The Morgan fingerprint density at radius 1 is 1.05 bits per heavy atom. The van der Waals surface area contributed by atoms with Crippen molar-refractivity contribution < 1.29 is 16.8 Å². The molecule has 4 nitrogen and oxygen atoms in total. The van der Waals surface area contributed by atoms with Crippen LogP contribution in [0.1, 0.15) is 5.56 Å². The largest absolute Gasteiger partial charge is 0.218 e. The highest BCUT2D eigenvalue weighted by Gasteiger charge is 2.28. The normalized spacial score (nSPS) is 13.4. The first-order valence-corrected chi connectivity index (χ1v) is 10.4. The first kappa shape index (κ1) is 16.9. The van der Waals surface area contributed by atoms with Crippen LogP contribution in [0.5, 0.6) is 0 Å². The Kier molecular flexibility index (Phi) is 5.50. The molecule has 0 saturated carbocycles. The number of sulfone groups is 2. The lowest BCUT2D eigenvalue weighted by molar-refractivity contribution is 0.612. The molecule has 0 amide bonds. The van der Waals surface area contributed by atoms with Gasteiger partial charge in [0, 0.05) is 16.6 Å². The van der Waals surface area contributed by atoms with Gasteiger partial charge < -0.3 is 0 Å². The predicted octanol–water partition coefficient (Wildman–Crippen LogP) is 2.29. The molecular formula is C13H16O4S3. The van der Waals surface area contributed by atoms with Crippen LogP contribution in [0, 0.1) is 0 Å². The minimum absolute atomic E-state index is 0.330. The Labute approximate surface area is 122 Å². The maximum atomic E-state index is 12.0. The maximum absolute atomic E-state index is 12.0. The number of hydrogen-bond acceptors (Lipinski definition) is 4. The minimum atomic E-state index is -4.02. The second-order valence-electron chi connectivity index (χ2n) is 3.94. The van der Waals surface area contributed by atoms with Gasteiger partial charge in [-0.3, -0.25) is 0 Å². The fourth-order valence-corrected chi connectivity index (χ4v) is 8.30. The molecule has 0 aliphatic heterocycles. The van der Waals surface area contributed by atoms with Crippen molar-refractivity contribution >= 4 is 33.7 Å². The topological polar surface area (TPSA) is 68.3 Å². The van der Waals surface area contributed by atoms with Crippen molar-refractivity contribution in [3.63, 3.8) is 0 Å². The lowest BCUT2D eigenvalue weighted by atomic mass is 10.2. The van der Waals surface area contributed by atoms with Crippen molar-refractivity contribution in [3.8, 4) is 0 Å². The summed E-state index contributed by atoms with van der Waals surface area (Å²) in [7, 11) is -9.03. The van der Waals surface area contributed by atoms with E-state index in [9.17, 15) is 16.8 Å². The zero-order chi connectivity index (χ0) is 15.4. The summed E-state index contributed by atoms with van der Waals surface area (Å²) >= 11 is 0. The average molecular weight is 332 g/mol. The Balaban J connectivity index is 3.48. The fraction of sp³-hybridized carbons (Fsp3) is 0.154. The molecule has 0 saturated heterocycles. The SMILES string of the molecule is C=CS(=O)(=O)C(=S(C)Cc1ccccc1)S(=O)(=O)C=C. The summed E-state index contributed by atoms with van der Waals surface area (Å²) in [5.41, 5.74) is 0.870. The van der Waals surface area contributed by atoms with Gasteiger partial charge in [0.2, 0.25) is 19.7 Å². The van der Waals surface area contributed by atoms with Gasteiger partial charge in [-0.2, -0.15) is 10.5 Å². The summed E-state index contributed by atoms with van der Waals surface area (Å²) < 4.78 is 47.3. The van der Waals surface area contributed by atoms with Crippen LogP contribution in [0.3, 0.4) is 0 Å². The molecular weight excluding hydrogens is 316 g/mol. The van der Waals surface area contributed by atoms with Crippen molar-refractivity contribution in [2.75, 3.05) is 6.26 Å². The Hall–Kier alpha value is -1.18. The van der Waals surface area contributed by atoms with Crippen molar-refractivity contribution in [1.82, 2.24) is 0 Å². The summed E-state index contributed by atoms with van der Waals surface area (Å²) in [6, 6.07) is 9.11. The molecule has 1 atom stereocenters. The van der Waals surface area contributed by atoms with Crippen LogP contribution >= 0.6 is 10.5 Å². The van der Waals surface area contributed by atoms with Gasteiger partial charge in [0.1, 0.15) is 0 Å². The van der Waals surface area contributed by atoms with Crippen molar-refractivity contribution in [1.29, 1.82) is 0 Å². The zero-order valence-corrected chi connectivity index (χ0v) is 13.5. The molecule has 0 radical (unpaired) electrons. The van der Waals surface area contributed by atoms with Crippen molar-refractivity contribution in [2.24, 2.45) is 0 Å². The van der Waals surface area contributed by atoms with Crippen molar-refractivity contribution in [2.45, 2.75) is 5.75 Å². The van der Waals surface area contributed by atoms with E-state index in [4.69, 9.17) is 0 Å². The third-order valence-corrected chi connectivity index (χ3v) is 10.1. The van der Waals surface area contributed by atoms with Crippen LogP contribution in [0.4, 0.5) is 0 Å². The molecule has 1 aromatic rings. The predicted molar refractivity (Wildman–Crippen MR) is 86.9 cm³/mol. The van der Waals surface area contributed by atoms with Crippen LogP contribution in [0.2, 0.25) is 0 Å². The van der Waals surface area contributed by atoms with E-state index in [1.54, 1.807) is 6.26 Å². The molecule has 1 aromatic carbocycles. The molecule has 0 spiro atoms. The highest BCUT2D eigenvalue weighted by molar-refractivity contribution is 8.49. The van der Waals surface area contributed by atoms with Crippen LogP contribution in [0.15, 0.2) is 54.3 Å². The second kappa shape index (κ2) is 6.51. The van der Waals surface area contributed by atoms with Gasteiger partial charge >= 0.3 is 0 Å². The van der Waals surface area contributed by atoms with Gasteiger partial charge in [-0.1, -0.05) is 43.5 Å². The standard InChI is InChI=1S/C13H16O4S3/c1-4-19(14,15)13(20(16,17)5-2)18(3)11-12-9-7-6-8-10-12/h4-10H,1-2,11H2,3H3. The van der Waals surface area contributed by atoms with Gasteiger partial charge in [0.25, 0.3) is 0 Å². The average Bonchev–Trinajstić information content (AvgIpc) is 2.39. The van der Waals surface area contributed by atoms with Crippen molar-refractivity contribution in [3.05, 3.63) is 59.9 Å². The molecule has 7 heteroatoms. The van der Waals surface area contributed by atoms with E-state index in [0.29, 0.717) is 16.6 Å². The first-order valence-electron chi connectivity index (χ1n) is 5.53. The zero-order valence-electron chi connectivity index (χ0n) is 11.0. The van der Waals surface area contributed by atoms with Gasteiger partial charge in [0.15, 0.2) is 3.53 Å². The monoisotopic (exact) mass is 332 g/mol. The van der Waals surface area contributed by atoms with Crippen LogP contribution in [0.25, 0.3) is 0 Å². The van der Waals surface area contributed by atoms with Gasteiger partial charge in [0.05, 0.1) is 0 Å². The van der Waals surface area contributed by atoms with Crippen LogP contribution < -0.4 is 0 Å². The quantitative estimate of drug-likeness (QED) is 0.793. The second-order valence-corrected chi connectivity index (χ2v) is 10.4. The Morgan fingerprint density at radius 3 is 1.90 bits per heavy atom. The van der Waals surface area contributed by atoms with Gasteiger partial charge in [-0.05, 0) is 11.8 Å². The van der Waals surface area contributed by atoms with Crippen LogP contribution in [-0.4, -0.2) is 26.6 Å². The molecule has 20 heavy (non-hydrogen) atoms. The minimum Gasteiger partial charge on any atom is -0.218 e.